The standard InChI is InChI=1S/C19H26N4O4/c1-14(24)21-15-3-5-16(6-4-15)23-18(25)13-17(19(23)26)20-7-2-8-22-9-11-27-12-10-22/h3-6,17,20H,2,7-13H2,1H3,(H,21,24). The summed E-state index contributed by atoms with van der Waals surface area (Å²) in [5.41, 5.74) is 1.15. The molecule has 1 aromatic rings. The normalized spacial score (nSPS) is 20.9. The van der Waals surface area contributed by atoms with Crippen LogP contribution in [0, 0.1) is 0 Å². The number of morpholine rings is 1. The van der Waals surface area contributed by atoms with E-state index in [1.54, 1.807) is 24.3 Å². The first kappa shape index (κ1) is 19.5. The maximum absolute atomic E-state index is 12.6. The van der Waals surface area contributed by atoms with Gasteiger partial charge in [0.15, 0.2) is 0 Å². The lowest BCUT2D eigenvalue weighted by Crippen LogP contribution is -2.41. The van der Waals surface area contributed by atoms with Gasteiger partial charge in [0.05, 0.1) is 31.4 Å². The van der Waals surface area contributed by atoms with E-state index < -0.39 is 6.04 Å². The van der Waals surface area contributed by atoms with E-state index in [9.17, 15) is 14.4 Å². The lowest BCUT2D eigenvalue weighted by Gasteiger charge is -2.26. The van der Waals surface area contributed by atoms with Gasteiger partial charge < -0.3 is 15.4 Å². The van der Waals surface area contributed by atoms with Crippen molar-refractivity contribution in [3.8, 4) is 0 Å². The Morgan fingerprint density at radius 2 is 1.89 bits per heavy atom. The summed E-state index contributed by atoms with van der Waals surface area (Å²) in [6.07, 6.45) is 1.09. The predicted octanol–water partition coefficient (Wildman–Crippen LogP) is 0.589. The minimum Gasteiger partial charge on any atom is -0.379 e. The van der Waals surface area contributed by atoms with Gasteiger partial charge in [0.1, 0.15) is 0 Å². The van der Waals surface area contributed by atoms with Crippen LogP contribution in [0.3, 0.4) is 0 Å². The fourth-order valence-corrected chi connectivity index (χ4v) is 3.36. The van der Waals surface area contributed by atoms with Crippen LogP contribution < -0.4 is 15.5 Å². The van der Waals surface area contributed by atoms with Gasteiger partial charge >= 0.3 is 0 Å². The first-order valence-electron chi connectivity index (χ1n) is 9.32. The third kappa shape index (κ3) is 5.12. The molecule has 2 aliphatic rings. The zero-order valence-corrected chi connectivity index (χ0v) is 15.6. The Labute approximate surface area is 158 Å². The summed E-state index contributed by atoms with van der Waals surface area (Å²) in [6.45, 7) is 6.52. The number of nitrogens with zero attached hydrogens (tertiary/aromatic N) is 2. The number of carbonyl (C=O) groups is 3. The van der Waals surface area contributed by atoms with E-state index in [1.807, 2.05) is 0 Å². The highest BCUT2D eigenvalue weighted by Crippen LogP contribution is 2.24. The fraction of sp³-hybridized carbons (Fsp3) is 0.526. The molecule has 2 aliphatic heterocycles. The van der Waals surface area contributed by atoms with Crippen LogP contribution in [-0.2, 0) is 19.1 Å². The number of hydrogen-bond donors (Lipinski definition) is 2. The molecule has 1 aromatic carbocycles. The van der Waals surface area contributed by atoms with Gasteiger partial charge in [-0.25, -0.2) is 4.90 Å². The van der Waals surface area contributed by atoms with Crippen molar-refractivity contribution in [1.29, 1.82) is 0 Å². The van der Waals surface area contributed by atoms with Crippen LogP contribution in [0.4, 0.5) is 11.4 Å². The van der Waals surface area contributed by atoms with E-state index in [4.69, 9.17) is 4.74 Å². The van der Waals surface area contributed by atoms with Crippen molar-refractivity contribution in [3.05, 3.63) is 24.3 Å². The Morgan fingerprint density at radius 1 is 1.19 bits per heavy atom. The molecular weight excluding hydrogens is 348 g/mol. The third-order valence-corrected chi connectivity index (χ3v) is 4.74. The number of ether oxygens (including phenoxy) is 1. The smallest absolute Gasteiger partial charge is 0.251 e. The molecule has 0 aromatic heterocycles. The first-order valence-corrected chi connectivity index (χ1v) is 9.32. The van der Waals surface area contributed by atoms with Gasteiger partial charge in [-0.15, -0.1) is 0 Å². The minimum absolute atomic E-state index is 0.169. The van der Waals surface area contributed by atoms with E-state index >= 15 is 0 Å². The molecule has 1 unspecified atom stereocenters. The number of carbonyl (C=O) groups excluding carboxylic acids is 3. The van der Waals surface area contributed by atoms with Crippen LogP contribution >= 0.6 is 0 Å². The highest BCUT2D eigenvalue weighted by Gasteiger charge is 2.39. The second-order valence-corrected chi connectivity index (χ2v) is 6.81. The topological polar surface area (TPSA) is 91.0 Å². The van der Waals surface area contributed by atoms with Crippen LogP contribution in [0.25, 0.3) is 0 Å². The summed E-state index contributed by atoms with van der Waals surface area (Å²) in [4.78, 5) is 39.6. The number of benzene rings is 1. The lowest BCUT2D eigenvalue weighted by atomic mass is 10.2. The van der Waals surface area contributed by atoms with Gasteiger partial charge in [0, 0.05) is 25.7 Å². The highest BCUT2D eigenvalue weighted by atomic mass is 16.5. The average molecular weight is 374 g/mol. The number of rotatable bonds is 7. The lowest BCUT2D eigenvalue weighted by molar-refractivity contribution is -0.121. The number of nitrogens with one attached hydrogen (secondary N) is 2. The van der Waals surface area contributed by atoms with E-state index in [-0.39, 0.29) is 24.1 Å². The molecule has 146 valence electrons. The molecule has 2 fully saturated rings. The molecule has 0 saturated carbocycles. The Hall–Kier alpha value is -2.29. The van der Waals surface area contributed by atoms with Gasteiger partial charge in [-0.1, -0.05) is 0 Å². The highest BCUT2D eigenvalue weighted by molar-refractivity contribution is 6.22. The molecule has 0 radical (unpaired) electrons. The Balaban J connectivity index is 1.49. The van der Waals surface area contributed by atoms with Crippen molar-refractivity contribution in [2.75, 3.05) is 49.6 Å². The van der Waals surface area contributed by atoms with Crippen molar-refractivity contribution in [3.63, 3.8) is 0 Å². The molecule has 8 nitrogen and oxygen atoms in total. The van der Waals surface area contributed by atoms with Crippen molar-refractivity contribution in [1.82, 2.24) is 10.2 Å². The Kier molecular flexibility index (Phi) is 6.54. The SMILES string of the molecule is CC(=O)Nc1ccc(N2C(=O)CC(NCCCN3CCOCC3)C2=O)cc1. The quantitative estimate of drug-likeness (QED) is 0.536. The average Bonchev–Trinajstić information content (AvgIpc) is 2.94. The molecule has 2 saturated heterocycles. The number of amides is 3. The number of hydrogen-bond acceptors (Lipinski definition) is 6. The van der Waals surface area contributed by atoms with Gasteiger partial charge in [-0.05, 0) is 43.8 Å². The first-order chi connectivity index (χ1) is 13.0. The van der Waals surface area contributed by atoms with Crippen LogP contribution in [-0.4, -0.2) is 68.1 Å². The molecule has 0 aliphatic carbocycles. The molecular formula is C19H26N4O4. The zero-order chi connectivity index (χ0) is 19.2. The zero-order valence-electron chi connectivity index (χ0n) is 15.6. The van der Waals surface area contributed by atoms with E-state index in [0.29, 0.717) is 17.9 Å². The molecule has 1 atom stereocenters. The van der Waals surface area contributed by atoms with Crippen LogP contribution in [0.1, 0.15) is 19.8 Å². The van der Waals surface area contributed by atoms with Crippen LogP contribution in [0.2, 0.25) is 0 Å². The van der Waals surface area contributed by atoms with Gasteiger partial charge in [-0.3, -0.25) is 19.3 Å². The molecule has 3 amide bonds. The molecule has 27 heavy (non-hydrogen) atoms. The summed E-state index contributed by atoms with van der Waals surface area (Å²) in [6, 6.07) is 6.22. The van der Waals surface area contributed by atoms with Gasteiger partial charge in [-0.2, -0.15) is 0 Å². The Bertz CT molecular complexity index is 685. The van der Waals surface area contributed by atoms with E-state index in [1.165, 1.54) is 11.8 Å². The summed E-state index contributed by atoms with van der Waals surface area (Å²) in [5.74, 6) is -0.603. The molecule has 2 N–H and O–H groups in total. The second kappa shape index (κ2) is 9.07. The van der Waals surface area contributed by atoms with Crippen LogP contribution in [0.15, 0.2) is 24.3 Å². The van der Waals surface area contributed by atoms with E-state index in [2.05, 4.69) is 15.5 Å². The predicted molar refractivity (Wildman–Crippen MR) is 102 cm³/mol. The maximum Gasteiger partial charge on any atom is 0.251 e. The summed E-state index contributed by atoms with van der Waals surface area (Å²) >= 11 is 0. The summed E-state index contributed by atoms with van der Waals surface area (Å²) in [5, 5.41) is 5.88. The molecule has 0 spiro atoms. The minimum atomic E-state index is -0.475. The van der Waals surface area contributed by atoms with Crippen molar-refractivity contribution < 1.29 is 19.1 Å². The van der Waals surface area contributed by atoms with Crippen molar-refractivity contribution >= 4 is 29.1 Å². The third-order valence-electron chi connectivity index (χ3n) is 4.74. The van der Waals surface area contributed by atoms with Crippen molar-refractivity contribution in [2.45, 2.75) is 25.8 Å². The summed E-state index contributed by atoms with van der Waals surface area (Å²) in [7, 11) is 0. The molecule has 3 rings (SSSR count). The molecule has 8 heteroatoms. The largest absolute Gasteiger partial charge is 0.379 e. The number of anilines is 2. The van der Waals surface area contributed by atoms with E-state index in [0.717, 1.165) is 39.3 Å². The van der Waals surface area contributed by atoms with Crippen molar-refractivity contribution in [2.24, 2.45) is 0 Å². The Morgan fingerprint density at radius 3 is 2.56 bits per heavy atom. The van der Waals surface area contributed by atoms with Crippen LogP contribution in [0.5, 0.6) is 0 Å². The maximum atomic E-state index is 12.6. The summed E-state index contributed by atoms with van der Waals surface area (Å²) < 4.78 is 5.33. The van der Waals surface area contributed by atoms with Gasteiger partial charge in [0.25, 0.3) is 5.91 Å². The molecule has 0 bridgehead atoms. The fourth-order valence-electron chi connectivity index (χ4n) is 3.36. The second-order valence-electron chi connectivity index (χ2n) is 6.81. The van der Waals surface area contributed by atoms with Gasteiger partial charge in [0.2, 0.25) is 11.8 Å². The molecule has 2 heterocycles. The number of imide groups is 1. The monoisotopic (exact) mass is 374 g/mol.